The predicted molar refractivity (Wildman–Crippen MR) is 89.4 cm³/mol. The molecule has 2 aromatic rings. The van der Waals surface area contributed by atoms with Crippen molar-refractivity contribution in [2.75, 3.05) is 19.6 Å². The lowest BCUT2D eigenvalue weighted by Gasteiger charge is -2.43. The minimum absolute atomic E-state index is 0.120. The van der Waals surface area contributed by atoms with E-state index in [2.05, 4.69) is 11.0 Å². The van der Waals surface area contributed by atoms with Gasteiger partial charge in [0.15, 0.2) is 0 Å². The van der Waals surface area contributed by atoms with Gasteiger partial charge in [-0.3, -0.25) is 9.69 Å². The smallest absolute Gasteiger partial charge is 0.250 e. The van der Waals surface area contributed by atoms with Crippen LogP contribution in [0.2, 0.25) is 0 Å². The van der Waals surface area contributed by atoms with Gasteiger partial charge in [-0.1, -0.05) is 36.4 Å². The monoisotopic (exact) mass is 310 g/mol. The molecule has 2 bridgehead atoms. The number of aliphatic hydroxyl groups excluding tert-OH is 1. The first-order chi connectivity index (χ1) is 11.2. The summed E-state index contributed by atoms with van der Waals surface area (Å²) >= 11 is 0. The number of fused-ring (bicyclic) bond motifs is 4. The van der Waals surface area contributed by atoms with E-state index in [1.807, 2.05) is 41.0 Å². The Morgan fingerprint density at radius 2 is 1.87 bits per heavy atom. The van der Waals surface area contributed by atoms with Crippen LogP contribution in [-0.2, 0) is 6.54 Å². The van der Waals surface area contributed by atoms with Crippen LogP contribution in [0, 0.1) is 5.92 Å². The molecule has 0 spiro atoms. The summed E-state index contributed by atoms with van der Waals surface area (Å²) in [7, 11) is 0. The van der Waals surface area contributed by atoms with Gasteiger partial charge < -0.3 is 9.67 Å². The highest BCUT2D eigenvalue weighted by atomic mass is 16.3. The molecule has 23 heavy (non-hydrogen) atoms. The summed E-state index contributed by atoms with van der Waals surface area (Å²) in [5.74, 6) is 0.906. The predicted octanol–water partition coefficient (Wildman–Crippen LogP) is 2.00. The van der Waals surface area contributed by atoms with Crippen molar-refractivity contribution < 1.29 is 5.11 Å². The van der Waals surface area contributed by atoms with Crippen LogP contribution in [0.4, 0.5) is 0 Å². The average Bonchev–Trinajstić information content (AvgIpc) is 2.57. The van der Waals surface area contributed by atoms with Gasteiger partial charge in [-0.25, -0.2) is 0 Å². The lowest BCUT2D eigenvalue weighted by Crippen LogP contribution is -2.48. The van der Waals surface area contributed by atoms with Gasteiger partial charge in [0.1, 0.15) is 0 Å². The van der Waals surface area contributed by atoms with Gasteiger partial charge in [0, 0.05) is 43.9 Å². The molecule has 1 aromatic carbocycles. The van der Waals surface area contributed by atoms with Crippen LogP contribution in [0.25, 0.3) is 0 Å². The van der Waals surface area contributed by atoms with Crippen molar-refractivity contribution in [3.05, 3.63) is 70.1 Å². The maximum absolute atomic E-state index is 12.0. The first kappa shape index (κ1) is 14.7. The van der Waals surface area contributed by atoms with E-state index in [0.29, 0.717) is 18.4 Å². The molecule has 1 fully saturated rings. The van der Waals surface area contributed by atoms with Crippen molar-refractivity contribution in [1.82, 2.24) is 9.47 Å². The molecule has 2 aliphatic rings. The number of β-amino-alcohol motifs (C(OH)–C–C–N with tert-alkyl or cyclic N) is 1. The van der Waals surface area contributed by atoms with Gasteiger partial charge in [0.2, 0.25) is 0 Å². The first-order valence-corrected chi connectivity index (χ1v) is 8.36. The third kappa shape index (κ3) is 2.84. The fourth-order valence-electron chi connectivity index (χ4n) is 4.17. The summed E-state index contributed by atoms with van der Waals surface area (Å²) in [6.07, 6.45) is 0.703. The number of benzene rings is 1. The molecule has 4 nitrogen and oxygen atoms in total. The van der Waals surface area contributed by atoms with Gasteiger partial charge in [-0.2, -0.15) is 0 Å². The van der Waals surface area contributed by atoms with E-state index in [4.69, 9.17) is 0 Å². The number of hydrogen-bond acceptors (Lipinski definition) is 3. The quantitative estimate of drug-likeness (QED) is 0.943. The molecule has 4 heteroatoms. The van der Waals surface area contributed by atoms with Crippen molar-refractivity contribution in [2.45, 2.75) is 25.0 Å². The number of pyridine rings is 1. The number of rotatable bonds is 3. The molecule has 0 aliphatic carbocycles. The number of piperidine rings is 1. The molecule has 0 saturated carbocycles. The summed E-state index contributed by atoms with van der Waals surface area (Å²) in [5, 5.41) is 10.5. The highest BCUT2D eigenvalue weighted by Gasteiger charge is 2.34. The molecule has 1 N–H and O–H groups in total. The third-order valence-electron chi connectivity index (χ3n) is 5.17. The van der Waals surface area contributed by atoms with E-state index in [-0.39, 0.29) is 5.56 Å². The Hall–Kier alpha value is -1.91. The molecule has 1 aromatic heterocycles. The molecular formula is C19H22N2O2. The van der Waals surface area contributed by atoms with Crippen LogP contribution in [-0.4, -0.2) is 34.2 Å². The second kappa shape index (κ2) is 5.95. The Kier molecular flexibility index (Phi) is 3.79. The Labute approximate surface area is 136 Å². The summed E-state index contributed by atoms with van der Waals surface area (Å²) < 4.78 is 1.95. The van der Waals surface area contributed by atoms with Gasteiger partial charge in [0.05, 0.1) is 6.10 Å². The SMILES string of the molecule is O=c1cccc2n1C[C@H]1C[C@@H]2CN(C[C@@H](O)c2ccccc2)C1. The van der Waals surface area contributed by atoms with Crippen LogP contribution in [0.1, 0.15) is 29.7 Å². The van der Waals surface area contributed by atoms with E-state index in [1.54, 1.807) is 6.07 Å². The number of hydrogen-bond donors (Lipinski definition) is 1. The van der Waals surface area contributed by atoms with Crippen LogP contribution in [0.3, 0.4) is 0 Å². The number of likely N-dealkylation sites (tertiary alicyclic amines) is 1. The zero-order chi connectivity index (χ0) is 15.8. The standard InChI is InChI=1S/C19H22N2O2/c22-18(15-5-2-1-3-6-15)13-20-10-14-9-16(12-20)17-7-4-8-19(23)21(17)11-14/h1-8,14,16,18,22H,9-13H2/t14-,16+,18+/m0/s1. The van der Waals surface area contributed by atoms with Crippen LogP contribution in [0.15, 0.2) is 53.3 Å². The molecule has 1 saturated heterocycles. The molecule has 0 unspecified atom stereocenters. The minimum Gasteiger partial charge on any atom is -0.387 e. The lowest BCUT2D eigenvalue weighted by molar-refractivity contribution is 0.0621. The summed E-state index contributed by atoms with van der Waals surface area (Å²) in [4.78, 5) is 14.4. The van der Waals surface area contributed by atoms with Gasteiger partial charge in [-0.05, 0) is 24.0 Å². The van der Waals surface area contributed by atoms with Gasteiger partial charge in [0.25, 0.3) is 5.56 Å². The van der Waals surface area contributed by atoms with E-state index in [0.717, 1.165) is 37.3 Å². The average molecular weight is 310 g/mol. The fraction of sp³-hybridized carbons (Fsp3) is 0.421. The molecule has 120 valence electrons. The van der Waals surface area contributed by atoms with E-state index in [9.17, 15) is 9.90 Å². The molecule has 0 amide bonds. The summed E-state index contributed by atoms with van der Waals surface area (Å²) in [5.41, 5.74) is 2.25. The Bertz CT molecular complexity index is 741. The zero-order valence-electron chi connectivity index (χ0n) is 13.1. The molecule has 3 atom stereocenters. The Morgan fingerprint density at radius 3 is 2.70 bits per heavy atom. The highest BCUT2D eigenvalue weighted by Crippen LogP contribution is 2.35. The Morgan fingerprint density at radius 1 is 1.04 bits per heavy atom. The zero-order valence-corrected chi connectivity index (χ0v) is 13.1. The molecule has 0 radical (unpaired) electrons. The largest absolute Gasteiger partial charge is 0.387 e. The maximum Gasteiger partial charge on any atom is 0.250 e. The van der Waals surface area contributed by atoms with E-state index < -0.39 is 6.10 Å². The van der Waals surface area contributed by atoms with Gasteiger partial charge >= 0.3 is 0 Å². The molecule has 4 rings (SSSR count). The van der Waals surface area contributed by atoms with Crippen LogP contribution in [0.5, 0.6) is 0 Å². The van der Waals surface area contributed by atoms with Crippen molar-refractivity contribution in [3.63, 3.8) is 0 Å². The second-order valence-corrected chi connectivity index (χ2v) is 6.84. The topological polar surface area (TPSA) is 45.5 Å². The Balaban J connectivity index is 1.51. The molecule has 2 aliphatic heterocycles. The summed E-state index contributed by atoms with van der Waals surface area (Å²) in [6.45, 7) is 3.35. The fourth-order valence-corrected chi connectivity index (χ4v) is 4.17. The first-order valence-electron chi connectivity index (χ1n) is 8.36. The summed E-state index contributed by atoms with van der Waals surface area (Å²) in [6, 6.07) is 15.5. The van der Waals surface area contributed by atoms with Gasteiger partial charge in [-0.15, -0.1) is 0 Å². The normalized spacial score (nSPS) is 24.9. The number of aromatic nitrogens is 1. The minimum atomic E-state index is -0.451. The molecule has 3 heterocycles. The third-order valence-corrected chi connectivity index (χ3v) is 5.17. The van der Waals surface area contributed by atoms with Crippen molar-refractivity contribution in [2.24, 2.45) is 5.92 Å². The number of nitrogens with zero attached hydrogens (tertiary/aromatic N) is 2. The highest BCUT2D eigenvalue weighted by molar-refractivity contribution is 5.19. The van der Waals surface area contributed by atoms with Crippen LogP contribution < -0.4 is 5.56 Å². The lowest BCUT2D eigenvalue weighted by atomic mass is 9.83. The maximum atomic E-state index is 12.0. The van der Waals surface area contributed by atoms with Crippen LogP contribution >= 0.6 is 0 Å². The van der Waals surface area contributed by atoms with E-state index >= 15 is 0 Å². The van der Waals surface area contributed by atoms with Crippen molar-refractivity contribution in [3.8, 4) is 0 Å². The molecular weight excluding hydrogens is 288 g/mol. The van der Waals surface area contributed by atoms with E-state index in [1.165, 1.54) is 0 Å². The number of aliphatic hydroxyl groups is 1. The van der Waals surface area contributed by atoms with Crippen molar-refractivity contribution >= 4 is 0 Å². The second-order valence-electron chi connectivity index (χ2n) is 6.84. The van der Waals surface area contributed by atoms with Crippen molar-refractivity contribution in [1.29, 1.82) is 0 Å².